The number of halogens is 2. The number of aromatic amines is 1. The maximum Gasteiger partial charge on any atom is 0.344 e. The number of ether oxygens (including phenoxy) is 2. The lowest BCUT2D eigenvalue weighted by molar-refractivity contribution is 0.0525. The van der Waals surface area contributed by atoms with E-state index in [-0.39, 0.29) is 22.6 Å². The summed E-state index contributed by atoms with van der Waals surface area (Å²) in [6.45, 7) is 1.82. The van der Waals surface area contributed by atoms with Crippen LogP contribution in [0.5, 0.6) is 5.75 Å². The fourth-order valence-corrected chi connectivity index (χ4v) is 3.14. The summed E-state index contributed by atoms with van der Waals surface area (Å²) in [6.07, 6.45) is 0. The number of nitrogens with one attached hydrogen (secondary N) is 1. The highest BCUT2D eigenvalue weighted by molar-refractivity contribution is 6.33. The average molecular weight is 392 g/mol. The summed E-state index contributed by atoms with van der Waals surface area (Å²) in [5.74, 6) is -0.298. The summed E-state index contributed by atoms with van der Waals surface area (Å²) in [7, 11) is 1.48. The highest BCUT2D eigenvalue weighted by Crippen LogP contribution is 2.31. The molecule has 134 valence electrons. The standard InChI is InChI=1S/C19H15Cl2NO4/c1-3-26-19(24)16-17(10-5-4-6-11(20)7-10)22-14-9-15(25-2)13(21)8-12(14)18(16)23/h4-9H,3H2,1-2H3,(H,22,23). The molecule has 3 rings (SSSR count). The summed E-state index contributed by atoms with van der Waals surface area (Å²) in [4.78, 5) is 28.6. The summed E-state index contributed by atoms with van der Waals surface area (Å²) in [5, 5.41) is 1.02. The molecular weight excluding hydrogens is 377 g/mol. The van der Waals surface area contributed by atoms with E-state index in [0.717, 1.165) is 0 Å². The van der Waals surface area contributed by atoms with Gasteiger partial charge in [-0.15, -0.1) is 0 Å². The van der Waals surface area contributed by atoms with E-state index in [1.165, 1.54) is 13.2 Å². The van der Waals surface area contributed by atoms with Gasteiger partial charge in [0, 0.05) is 22.0 Å². The minimum absolute atomic E-state index is 0.0946. The van der Waals surface area contributed by atoms with Crippen molar-refractivity contribution in [2.45, 2.75) is 6.92 Å². The van der Waals surface area contributed by atoms with Gasteiger partial charge in [-0.25, -0.2) is 4.79 Å². The van der Waals surface area contributed by atoms with Crippen LogP contribution in [0.1, 0.15) is 17.3 Å². The Bertz CT molecular complexity index is 1060. The topological polar surface area (TPSA) is 68.4 Å². The molecule has 0 atom stereocenters. The van der Waals surface area contributed by atoms with Crippen LogP contribution in [0.25, 0.3) is 22.2 Å². The SMILES string of the molecule is CCOC(=O)c1c(-c2cccc(Cl)c2)[nH]c2cc(OC)c(Cl)cc2c1=O. The second-order valence-electron chi connectivity index (χ2n) is 5.47. The van der Waals surface area contributed by atoms with Crippen LogP contribution >= 0.6 is 23.2 Å². The van der Waals surface area contributed by atoms with E-state index in [9.17, 15) is 9.59 Å². The van der Waals surface area contributed by atoms with Crippen LogP contribution in [0.15, 0.2) is 41.2 Å². The molecular formula is C19H15Cl2NO4. The van der Waals surface area contributed by atoms with Crippen molar-refractivity contribution >= 4 is 40.1 Å². The van der Waals surface area contributed by atoms with Crippen LogP contribution in [0.2, 0.25) is 10.0 Å². The molecule has 0 radical (unpaired) electrons. The Morgan fingerprint density at radius 2 is 1.96 bits per heavy atom. The Morgan fingerprint density at radius 3 is 2.62 bits per heavy atom. The molecule has 0 aliphatic heterocycles. The molecule has 0 fully saturated rings. The number of rotatable bonds is 4. The highest BCUT2D eigenvalue weighted by atomic mass is 35.5. The Labute approximate surface area is 159 Å². The van der Waals surface area contributed by atoms with Gasteiger partial charge in [-0.05, 0) is 25.1 Å². The molecule has 0 saturated heterocycles. The van der Waals surface area contributed by atoms with Gasteiger partial charge in [-0.1, -0.05) is 35.3 Å². The Balaban J connectivity index is 2.40. The van der Waals surface area contributed by atoms with Crippen molar-refractivity contribution in [2.75, 3.05) is 13.7 Å². The van der Waals surface area contributed by atoms with E-state index < -0.39 is 11.4 Å². The van der Waals surface area contributed by atoms with Crippen LogP contribution < -0.4 is 10.2 Å². The number of methoxy groups -OCH3 is 1. The largest absolute Gasteiger partial charge is 0.495 e. The molecule has 0 aliphatic rings. The molecule has 3 aromatic rings. The Morgan fingerprint density at radius 1 is 1.19 bits per heavy atom. The number of hydrogen-bond donors (Lipinski definition) is 1. The molecule has 1 N–H and O–H groups in total. The van der Waals surface area contributed by atoms with Gasteiger partial charge in [0.1, 0.15) is 11.3 Å². The average Bonchev–Trinajstić information content (AvgIpc) is 2.61. The number of fused-ring (bicyclic) bond motifs is 1. The molecule has 1 aromatic heterocycles. The molecule has 2 aromatic carbocycles. The second kappa shape index (κ2) is 7.40. The minimum atomic E-state index is -0.711. The fourth-order valence-electron chi connectivity index (χ4n) is 2.70. The van der Waals surface area contributed by atoms with Crippen LogP contribution in [0.4, 0.5) is 0 Å². The predicted octanol–water partition coefficient (Wildman–Crippen LogP) is 4.69. The zero-order valence-corrected chi connectivity index (χ0v) is 15.6. The van der Waals surface area contributed by atoms with E-state index >= 15 is 0 Å². The van der Waals surface area contributed by atoms with Crippen LogP contribution in [-0.2, 0) is 4.74 Å². The van der Waals surface area contributed by atoms with E-state index in [4.69, 9.17) is 32.7 Å². The first-order valence-corrected chi connectivity index (χ1v) is 8.58. The predicted molar refractivity (Wildman–Crippen MR) is 103 cm³/mol. The molecule has 26 heavy (non-hydrogen) atoms. The zero-order valence-electron chi connectivity index (χ0n) is 14.1. The van der Waals surface area contributed by atoms with Gasteiger partial charge >= 0.3 is 5.97 Å². The molecule has 1 heterocycles. The summed E-state index contributed by atoms with van der Waals surface area (Å²) in [5.41, 5.74) is 0.833. The monoisotopic (exact) mass is 391 g/mol. The third-order valence-corrected chi connectivity index (χ3v) is 4.40. The lowest BCUT2D eigenvalue weighted by atomic mass is 10.0. The number of aromatic nitrogens is 1. The molecule has 0 unspecified atom stereocenters. The smallest absolute Gasteiger partial charge is 0.344 e. The molecule has 0 aliphatic carbocycles. The number of carbonyl (C=O) groups excluding carboxylic acids is 1. The maximum atomic E-state index is 13.0. The third-order valence-electron chi connectivity index (χ3n) is 3.87. The van der Waals surface area contributed by atoms with Gasteiger partial charge in [0.05, 0.1) is 29.9 Å². The highest BCUT2D eigenvalue weighted by Gasteiger charge is 2.22. The van der Waals surface area contributed by atoms with Crippen molar-refractivity contribution in [3.05, 3.63) is 62.2 Å². The summed E-state index contributed by atoms with van der Waals surface area (Å²) >= 11 is 12.2. The van der Waals surface area contributed by atoms with Gasteiger partial charge in [-0.3, -0.25) is 4.79 Å². The molecule has 0 amide bonds. The van der Waals surface area contributed by atoms with Crippen molar-refractivity contribution < 1.29 is 14.3 Å². The van der Waals surface area contributed by atoms with Gasteiger partial charge < -0.3 is 14.5 Å². The molecule has 0 spiro atoms. The van der Waals surface area contributed by atoms with Crippen molar-refractivity contribution in [1.29, 1.82) is 0 Å². The van der Waals surface area contributed by atoms with E-state index in [0.29, 0.717) is 27.5 Å². The minimum Gasteiger partial charge on any atom is -0.495 e. The third kappa shape index (κ3) is 3.28. The fraction of sp³-hybridized carbons (Fsp3) is 0.158. The Hall–Kier alpha value is -2.50. The van der Waals surface area contributed by atoms with E-state index in [2.05, 4.69) is 4.98 Å². The molecule has 5 nitrogen and oxygen atoms in total. The second-order valence-corrected chi connectivity index (χ2v) is 6.31. The van der Waals surface area contributed by atoms with Gasteiger partial charge in [-0.2, -0.15) is 0 Å². The lowest BCUT2D eigenvalue weighted by Crippen LogP contribution is -2.20. The zero-order chi connectivity index (χ0) is 18.8. The van der Waals surface area contributed by atoms with Crippen LogP contribution in [0.3, 0.4) is 0 Å². The first-order chi connectivity index (χ1) is 12.5. The molecule has 7 heteroatoms. The van der Waals surface area contributed by atoms with Gasteiger partial charge in [0.25, 0.3) is 0 Å². The van der Waals surface area contributed by atoms with Gasteiger partial charge in [0.2, 0.25) is 5.43 Å². The van der Waals surface area contributed by atoms with Crippen LogP contribution in [-0.4, -0.2) is 24.7 Å². The van der Waals surface area contributed by atoms with E-state index in [1.54, 1.807) is 37.3 Å². The van der Waals surface area contributed by atoms with Crippen LogP contribution in [0, 0.1) is 0 Å². The van der Waals surface area contributed by atoms with Crippen molar-refractivity contribution in [2.24, 2.45) is 0 Å². The summed E-state index contributed by atoms with van der Waals surface area (Å²) < 4.78 is 10.3. The first-order valence-electron chi connectivity index (χ1n) is 7.82. The van der Waals surface area contributed by atoms with Crippen molar-refractivity contribution in [3.8, 4) is 17.0 Å². The number of pyridine rings is 1. The van der Waals surface area contributed by atoms with Crippen molar-refractivity contribution in [3.63, 3.8) is 0 Å². The number of benzene rings is 2. The van der Waals surface area contributed by atoms with Gasteiger partial charge in [0.15, 0.2) is 0 Å². The van der Waals surface area contributed by atoms with Crippen molar-refractivity contribution in [1.82, 2.24) is 4.98 Å². The quantitative estimate of drug-likeness (QED) is 0.655. The molecule has 0 bridgehead atoms. The number of H-pyrrole nitrogens is 1. The normalized spacial score (nSPS) is 10.8. The molecule has 0 saturated carbocycles. The number of esters is 1. The number of carbonyl (C=O) groups is 1. The lowest BCUT2D eigenvalue weighted by Gasteiger charge is -2.12. The maximum absolute atomic E-state index is 13.0. The summed E-state index contributed by atoms with van der Waals surface area (Å²) in [6, 6.07) is 9.93. The first kappa shape index (κ1) is 18.3. The number of hydrogen-bond acceptors (Lipinski definition) is 4. The Kier molecular flexibility index (Phi) is 5.20. The van der Waals surface area contributed by atoms with E-state index in [1.807, 2.05) is 0 Å².